The average molecular weight is 121 g/mol. The normalized spacial score (nSPS) is 6.67. The second-order valence-electron chi connectivity index (χ2n) is 0.814. The summed E-state index contributed by atoms with van der Waals surface area (Å²) in [6.07, 6.45) is 4.56. The summed E-state index contributed by atoms with van der Waals surface area (Å²) in [6.45, 7) is 0. The molecule has 2 heteroatoms. The third kappa shape index (κ3) is 1.29. The Morgan fingerprint density at radius 2 is 2.33 bits per heavy atom. The van der Waals surface area contributed by atoms with Gasteiger partial charge >= 0.3 is 0 Å². The number of rotatable bonds is 0. The molecule has 0 saturated heterocycles. The third-order valence-electron chi connectivity index (χ3n) is 0.442. The van der Waals surface area contributed by atoms with Crippen molar-refractivity contribution in [3.8, 4) is 0 Å². The van der Waals surface area contributed by atoms with Gasteiger partial charge in [-0.2, -0.15) is 18.3 Å². The number of H-pyrrole nitrogens is 1. The van der Waals surface area contributed by atoms with Gasteiger partial charge in [-0.25, -0.2) is 0 Å². The molecule has 0 aliphatic carbocycles. The van der Waals surface area contributed by atoms with Crippen LogP contribution in [0.3, 0.4) is 0 Å². The number of aromatic amines is 1. The van der Waals surface area contributed by atoms with Gasteiger partial charge in [0.15, 0.2) is 0 Å². The minimum atomic E-state index is 0. The predicted molar refractivity (Wildman–Crippen MR) is 19.6 cm³/mol. The molecule has 1 heterocycles. The Kier molecular flexibility index (Phi) is 2.91. The van der Waals surface area contributed by atoms with E-state index in [4.69, 9.17) is 0 Å². The van der Waals surface area contributed by atoms with Crippen LogP contribution in [0.25, 0.3) is 0 Å². The predicted octanol–water partition coefficient (Wildman–Crippen LogP) is 0.812. The number of hydrogen-bond acceptors (Lipinski definition) is 0. The Labute approximate surface area is 47.2 Å². The maximum absolute atomic E-state index is 2.74. The zero-order valence-corrected chi connectivity index (χ0v) is 4.29. The van der Waals surface area contributed by atoms with Gasteiger partial charge in [0.1, 0.15) is 0 Å². The summed E-state index contributed by atoms with van der Waals surface area (Å²) < 4.78 is 0. The summed E-state index contributed by atoms with van der Waals surface area (Å²) in [7, 11) is 0. The van der Waals surface area contributed by atoms with Crippen LogP contribution < -0.4 is 0 Å². The molecule has 1 aromatic rings. The van der Waals surface area contributed by atoms with Gasteiger partial charge in [0.05, 0.1) is 0 Å². The summed E-state index contributed by atoms with van der Waals surface area (Å²) in [5.74, 6) is 0. The third-order valence-corrected chi connectivity index (χ3v) is 0.442. The molecule has 0 unspecified atom stereocenters. The SMILES string of the molecule is [Mn].[c-]1ccc[nH]1. The maximum Gasteiger partial charge on any atom is 0 e. The smallest absolute Gasteiger partial charge is 0 e. The molecule has 1 N–H and O–H groups in total. The van der Waals surface area contributed by atoms with E-state index in [1.165, 1.54) is 0 Å². The van der Waals surface area contributed by atoms with Crippen LogP contribution in [0, 0.1) is 6.20 Å². The van der Waals surface area contributed by atoms with Crippen LogP contribution >= 0.6 is 0 Å². The fraction of sp³-hybridized carbons (Fsp3) is 0. The summed E-state index contributed by atoms with van der Waals surface area (Å²) in [4.78, 5) is 2.74. The molecule has 1 rings (SSSR count). The van der Waals surface area contributed by atoms with Gasteiger partial charge in [0.25, 0.3) is 0 Å². The van der Waals surface area contributed by atoms with E-state index >= 15 is 0 Å². The summed E-state index contributed by atoms with van der Waals surface area (Å²) in [5.41, 5.74) is 0. The standard InChI is InChI=1S/C4H4N.Mn/c1-2-4-5-3-1;/h1-3,5H;/q-1;. The van der Waals surface area contributed by atoms with Crippen molar-refractivity contribution < 1.29 is 17.1 Å². The van der Waals surface area contributed by atoms with Crippen molar-refractivity contribution in [2.24, 2.45) is 0 Å². The molecule has 1 radical (unpaired) electrons. The Balaban J connectivity index is 0.000000250. The molecule has 0 aliphatic heterocycles. The Morgan fingerprint density at radius 3 is 2.50 bits per heavy atom. The first-order valence-corrected chi connectivity index (χ1v) is 1.49. The second-order valence-corrected chi connectivity index (χ2v) is 0.814. The zero-order valence-electron chi connectivity index (χ0n) is 3.11. The van der Waals surface area contributed by atoms with Crippen molar-refractivity contribution in [1.82, 2.24) is 4.98 Å². The maximum atomic E-state index is 2.74. The molecular weight excluding hydrogens is 117 g/mol. The zero-order chi connectivity index (χ0) is 3.54. The first-order valence-electron chi connectivity index (χ1n) is 1.49. The number of aromatic nitrogens is 1. The quantitative estimate of drug-likeness (QED) is 0.386. The van der Waals surface area contributed by atoms with Crippen LogP contribution in [0.15, 0.2) is 18.3 Å². The van der Waals surface area contributed by atoms with Gasteiger partial charge in [-0.05, 0) is 0 Å². The van der Waals surface area contributed by atoms with E-state index in [1.54, 1.807) is 0 Å². The fourth-order valence-electron chi connectivity index (χ4n) is 0.241. The molecule has 0 aliphatic rings. The molecular formula is C4H4MnN-. The van der Waals surface area contributed by atoms with Crippen molar-refractivity contribution in [1.29, 1.82) is 0 Å². The molecule has 33 valence electrons. The number of hydrogen-bond donors (Lipinski definition) is 1. The van der Waals surface area contributed by atoms with Gasteiger partial charge in [-0.3, -0.25) is 0 Å². The molecule has 0 fully saturated rings. The summed E-state index contributed by atoms with van der Waals surface area (Å²) in [6, 6.07) is 3.71. The van der Waals surface area contributed by atoms with Crippen molar-refractivity contribution in [2.75, 3.05) is 0 Å². The van der Waals surface area contributed by atoms with Gasteiger partial charge in [0.2, 0.25) is 0 Å². The van der Waals surface area contributed by atoms with Crippen LogP contribution in [0.4, 0.5) is 0 Å². The van der Waals surface area contributed by atoms with Crippen LogP contribution in [-0.2, 0) is 17.1 Å². The first-order chi connectivity index (χ1) is 2.50. The molecule has 0 atom stereocenters. The van der Waals surface area contributed by atoms with E-state index in [0.29, 0.717) is 0 Å². The van der Waals surface area contributed by atoms with E-state index in [0.717, 1.165) is 0 Å². The first kappa shape index (κ1) is 5.80. The Hall–Kier alpha value is -0.201. The van der Waals surface area contributed by atoms with Crippen molar-refractivity contribution in [3.05, 3.63) is 24.5 Å². The van der Waals surface area contributed by atoms with Gasteiger partial charge in [0, 0.05) is 17.1 Å². The molecule has 0 aromatic carbocycles. The molecule has 0 amide bonds. The fourth-order valence-corrected chi connectivity index (χ4v) is 0.241. The molecule has 6 heavy (non-hydrogen) atoms. The van der Waals surface area contributed by atoms with Gasteiger partial charge in [-0.15, -0.1) is 6.20 Å². The van der Waals surface area contributed by atoms with Crippen LogP contribution in [0.1, 0.15) is 0 Å². The molecule has 0 saturated carbocycles. The topological polar surface area (TPSA) is 15.8 Å². The van der Waals surface area contributed by atoms with Crippen LogP contribution in [-0.4, -0.2) is 4.98 Å². The van der Waals surface area contributed by atoms with Crippen LogP contribution in [0.5, 0.6) is 0 Å². The van der Waals surface area contributed by atoms with Gasteiger partial charge in [-0.1, -0.05) is 0 Å². The number of nitrogens with one attached hydrogen (secondary N) is 1. The Morgan fingerprint density at radius 1 is 1.50 bits per heavy atom. The second kappa shape index (κ2) is 3.01. The van der Waals surface area contributed by atoms with Crippen molar-refractivity contribution in [2.45, 2.75) is 0 Å². The minimum absolute atomic E-state index is 0. The van der Waals surface area contributed by atoms with E-state index < -0.39 is 0 Å². The minimum Gasteiger partial charge on any atom is -0.484 e. The monoisotopic (exact) mass is 121 g/mol. The van der Waals surface area contributed by atoms with Crippen LogP contribution in [0.2, 0.25) is 0 Å². The molecule has 0 bridgehead atoms. The largest absolute Gasteiger partial charge is 0.484 e. The van der Waals surface area contributed by atoms with E-state index in [9.17, 15) is 0 Å². The van der Waals surface area contributed by atoms with E-state index in [1.807, 2.05) is 18.3 Å². The summed E-state index contributed by atoms with van der Waals surface area (Å²) >= 11 is 0. The summed E-state index contributed by atoms with van der Waals surface area (Å²) in [5, 5.41) is 0. The average Bonchev–Trinajstić information content (AvgIpc) is 1.76. The van der Waals surface area contributed by atoms with Crippen molar-refractivity contribution >= 4 is 0 Å². The molecule has 1 aromatic heterocycles. The van der Waals surface area contributed by atoms with Gasteiger partial charge < -0.3 is 4.98 Å². The Bertz CT molecular complexity index is 64.0. The molecule has 0 spiro atoms. The molecule has 1 nitrogen and oxygen atoms in total. The van der Waals surface area contributed by atoms with E-state index in [-0.39, 0.29) is 17.1 Å². The van der Waals surface area contributed by atoms with E-state index in [2.05, 4.69) is 11.2 Å². The van der Waals surface area contributed by atoms with Crippen molar-refractivity contribution in [3.63, 3.8) is 0 Å².